The van der Waals surface area contributed by atoms with Gasteiger partial charge in [-0.1, -0.05) is 224 Å². The Hall–Kier alpha value is -4.93. The van der Waals surface area contributed by atoms with Crippen LogP contribution in [0, 0.1) is 0 Å². The third-order valence-corrected chi connectivity index (χ3v) is 13.7. The molecule has 0 aliphatic carbocycles. The summed E-state index contributed by atoms with van der Waals surface area (Å²) in [4.78, 5) is 40.3. The second kappa shape index (κ2) is 38.7. The molecule has 3 aromatic rings. The van der Waals surface area contributed by atoms with Crippen LogP contribution in [-0.2, 0) is 26.2 Å². The van der Waals surface area contributed by atoms with Gasteiger partial charge in [-0.25, -0.2) is 9.59 Å². The first kappa shape index (κ1) is 59.6. The molecule has 0 saturated heterocycles. The highest BCUT2D eigenvalue weighted by Crippen LogP contribution is 2.40. The van der Waals surface area contributed by atoms with Gasteiger partial charge < -0.3 is 40.8 Å². The molecular formula is C61H97N5O6. The van der Waals surface area contributed by atoms with E-state index in [0.717, 1.165) is 60.8 Å². The number of unbranched alkanes of at least 4 members (excludes halogenated alkanes) is 27. The molecule has 4 bridgehead atoms. The smallest absolute Gasteiger partial charge is 0.315 e. The van der Waals surface area contributed by atoms with Crippen molar-refractivity contribution < 1.29 is 28.6 Å². The molecule has 0 saturated carbocycles. The van der Waals surface area contributed by atoms with Crippen LogP contribution in [0.15, 0.2) is 54.6 Å². The lowest BCUT2D eigenvalue weighted by molar-refractivity contribution is 0.102. The van der Waals surface area contributed by atoms with Crippen molar-refractivity contribution in [1.29, 1.82) is 0 Å². The van der Waals surface area contributed by atoms with E-state index in [1.165, 1.54) is 154 Å². The number of nitrogens with one attached hydrogen (secondary N) is 5. The Morgan fingerprint density at radius 3 is 1.11 bits per heavy atom. The number of carbonyl (C=O) groups excluding carboxylic acids is 3. The lowest BCUT2D eigenvalue weighted by Gasteiger charge is -2.19. The molecule has 0 fully saturated rings. The molecule has 1 heterocycles. The van der Waals surface area contributed by atoms with Crippen LogP contribution >= 0.6 is 0 Å². The highest BCUT2D eigenvalue weighted by atomic mass is 16.5. The molecule has 11 heteroatoms. The van der Waals surface area contributed by atoms with Crippen LogP contribution in [0.4, 0.5) is 15.3 Å². The Bertz CT molecular complexity index is 1830. The van der Waals surface area contributed by atoms with Gasteiger partial charge in [-0.2, -0.15) is 0 Å². The minimum Gasteiger partial charge on any atom is -0.490 e. The predicted octanol–water partition coefficient (Wildman–Crippen LogP) is 16.2. The van der Waals surface area contributed by atoms with E-state index in [9.17, 15) is 14.4 Å². The summed E-state index contributed by atoms with van der Waals surface area (Å²) in [5.41, 5.74) is 4.33. The van der Waals surface area contributed by atoms with Crippen LogP contribution < -0.4 is 40.8 Å². The predicted molar refractivity (Wildman–Crippen MR) is 297 cm³/mol. The zero-order chi connectivity index (χ0) is 51.1. The standard InChI is InChI=1S/C61H97N5O6/c1-4-7-10-13-16-19-22-25-28-31-37-70-56-44-54(45-57(71-38-32-29-26-23-20-17-14-11-8-5-2)58(56)72-39-33-30-27-24-21-18-15-12-9-6-3)59(67)66-55-42-52-41-53(43-55)49-65-61(69)63-47-51-36-34-35-50(40-51)46-62-60(68)64-48-52/h34-36,40-45H,4-33,37-39,46-49H2,1-3H3,(H,66,67)(H2,62,64,68)(H2,63,65,69). The summed E-state index contributed by atoms with van der Waals surface area (Å²) in [5.74, 6) is 1.31. The van der Waals surface area contributed by atoms with Gasteiger partial charge in [0.15, 0.2) is 11.5 Å². The second-order valence-corrected chi connectivity index (χ2v) is 20.3. The molecule has 3 aromatic carbocycles. The third kappa shape index (κ3) is 26.7. The van der Waals surface area contributed by atoms with Crippen LogP contribution in [0.1, 0.15) is 246 Å². The first-order valence-corrected chi connectivity index (χ1v) is 29.0. The maximum Gasteiger partial charge on any atom is 0.315 e. The lowest BCUT2D eigenvalue weighted by atomic mass is 10.1. The van der Waals surface area contributed by atoms with Gasteiger partial charge in [-0.3, -0.25) is 4.79 Å². The van der Waals surface area contributed by atoms with Crippen molar-refractivity contribution in [2.24, 2.45) is 0 Å². The maximum absolute atomic E-state index is 14.4. The van der Waals surface area contributed by atoms with Crippen LogP contribution in [0.5, 0.6) is 17.2 Å². The summed E-state index contributed by atoms with van der Waals surface area (Å²) >= 11 is 0. The van der Waals surface area contributed by atoms with Crippen molar-refractivity contribution in [2.45, 2.75) is 240 Å². The molecular weight excluding hydrogens is 899 g/mol. The van der Waals surface area contributed by atoms with Gasteiger partial charge in [0.25, 0.3) is 5.91 Å². The molecule has 4 rings (SSSR count). The van der Waals surface area contributed by atoms with Gasteiger partial charge in [0.2, 0.25) is 5.75 Å². The van der Waals surface area contributed by atoms with Gasteiger partial charge >= 0.3 is 12.1 Å². The molecule has 0 aromatic heterocycles. The summed E-state index contributed by atoms with van der Waals surface area (Å²) in [6.45, 7) is 9.49. The van der Waals surface area contributed by atoms with Crippen molar-refractivity contribution >= 4 is 23.7 Å². The molecule has 1 aliphatic rings. The molecule has 1 aliphatic heterocycles. The van der Waals surface area contributed by atoms with Gasteiger partial charge in [0.05, 0.1) is 19.8 Å². The van der Waals surface area contributed by atoms with Crippen molar-refractivity contribution in [2.75, 3.05) is 25.1 Å². The zero-order valence-corrected chi connectivity index (χ0v) is 45.3. The normalized spacial score (nSPS) is 12.9. The Kier molecular flexibility index (Phi) is 32.0. The van der Waals surface area contributed by atoms with Crippen LogP contribution in [-0.4, -0.2) is 37.8 Å². The van der Waals surface area contributed by atoms with Crippen molar-refractivity contribution in [3.63, 3.8) is 0 Å². The largest absolute Gasteiger partial charge is 0.490 e. The summed E-state index contributed by atoms with van der Waals surface area (Å²) < 4.78 is 19.8. The average molecular weight is 996 g/mol. The monoisotopic (exact) mass is 996 g/mol. The van der Waals surface area contributed by atoms with E-state index in [-0.39, 0.29) is 31.1 Å². The van der Waals surface area contributed by atoms with Crippen molar-refractivity contribution in [3.8, 4) is 17.2 Å². The van der Waals surface area contributed by atoms with Gasteiger partial charge in [0.1, 0.15) is 0 Å². The number of urea groups is 2. The molecule has 0 atom stereocenters. The number of carbonyl (C=O) groups is 3. The fraction of sp³-hybridized carbons (Fsp3) is 0.656. The quantitative estimate of drug-likeness (QED) is 0.0362. The highest BCUT2D eigenvalue weighted by Gasteiger charge is 2.20. The SMILES string of the molecule is CCCCCCCCCCCCOc1cc(C(=O)Nc2cc3cc(c2)CNC(=O)NCc2cccc(c2)CNC(=O)NC3)cc(OCCCCCCCCCCCC)c1OCCCCCCCCCCCC. The van der Waals surface area contributed by atoms with Gasteiger partial charge in [-0.05, 0) is 65.8 Å². The van der Waals surface area contributed by atoms with E-state index >= 15 is 0 Å². The first-order chi connectivity index (χ1) is 35.4. The minimum absolute atomic E-state index is 0.216. The number of hydrogen-bond acceptors (Lipinski definition) is 6. The Labute approximate surface area is 436 Å². The second-order valence-electron chi connectivity index (χ2n) is 20.3. The summed E-state index contributed by atoms with van der Waals surface area (Å²) in [5, 5.41) is 14.9. The minimum atomic E-state index is -0.327. The summed E-state index contributed by atoms with van der Waals surface area (Å²) in [6.07, 6.45) is 37.1. The number of rotatable bonds is 38. The molecule has 72 heavy (non-hydrogen) atoms. The number of ether oxygens (including phenoxy) is 3. The van der Waals surface area contributed by atoms with Crippen LogP contribution in [0.3, 0.4) is 0 Å². The Morgan fingerprint density at radius 1 is 0.417 bits per heavy atom. The van der Waals surface area contributed by atoms with Crippen LogP contribution in [0.2, 0.25) is 0 Å². The fourth-order valence-corrected chi connectivity index (χ4v) is 9.32. The van der Waals surface area contributed by atoms with E-state index in [1.54, 1.807) is 12.1 Å². The third-order valence-electron chi connectivity index (χ3n) is 13.7. The molecule has 402 valence electrons. The maximum atomic E-state index is 14.4. The number of benzene rings is 3. The molecule has 5 N–H and O–H groups in total. The zero-order valence-electron chi connectivity index (χ0n) is 45.3. The molecule has 0 spiro atoms. The number of fused-ring (bicyclic) bond motifs is 4. The molecule has 0 unspecified atom stereocenters. The topological polar surface area (TPSA) is 139 Å². The van der Waals surface area contributed by atoms with E-state index in [4.69, 9.17) is 14.2 Å². The Morgan fingerprint density at radius 2 is 0.736 bits per heavy atom. The van der Waals surface area contributed by atoms with E-state index in [2.05, 4.69) is 47.4 Å². The van der Waals surface area contributed by atoms with E-state index < -0.39 is 0 Å². The number of hydrogen-bond donors (Lipinski definition) is 5. The highest BCUT2D eigenvalue weighted by molar-refractivity contribution is 6.05. The first-order valence-electron chi connectivity index (χ1n) is 29.0. The van der Waals surface area contributed by atoms with Crippen molar-refractivity contribution in [3.05, 3.63) is 82.4 Å². The average Bonchev–Trinajstić information content (AvgIpc) is 3.38. The summed E-state index contributed by atoms with van der Waals surface area (Å²) in [6, 6.07) is 16.4. The fourth-order valence-electron chi connectivity index (χ4n) is 9.32. The van der Waals surface area contributed by atoms with Gasteiger partial charge in [-0.15, -0.1) is 0 Å². The van der Waals surface area contributed by atoms with Crippen molar-refractivity contribution in [1.82, 2.24) is 21.3 Å². The molecule has 0 radical (unpaired) electrons. The van der Waals surface area contributed by atoms with E-state index in [1.807, 2.05) is 42.5 Å². The lowest BCUT2D eigenvalue weighted by Crippen LogP contribution is -2.35. The number of anilines is 1. The van der Waals surface area contributed by atoms with E-state index in [0.29, 0.717) is 61.4 Å². The summed E-state index contributed by atoms with van der Waals surface area (Å²) in [7, 11) is 0. The molecule has 5 amide bonds. The number of amides is 5. The molecule has 11 nitrogen and oxygen atoms in total. The Balaban J connectivity index is 1.50. The van der Waals surface area contributed by atoms with Crippen LogP contribution in [0.25, 0.3) is 0 Å². The van der Waals surface area contributed by atoms with Gasteiger partial charge in [0, 0.05) is 37.4 Å².